The van der Waals surface area contributed by atoms with Gasteiger partial charge in [-0.25, -0.2) is 4.79 Å². The van der Waals surface area contributed by atoms with Crippen LogP contribution in [0.25, 0.3) is 0 Å². The fraction of sp³-hybridized carbons (Fsp3) is 0.417. The second kappa shape index (κ2) is 5.98. The number of methoxy groups -OCH3 is 1. The van der Waals surface area contributed by atoms with Gasteiger partial charge in [-0.2, -0.15) is 0 Å². The standard InChI is InChI=1S/C12H17NO4/c1-4-16-9-7-6-8(15-3)10(11(9)13)12(14)17-5-2/h6-7H,4-5,13H2,1-3H3. The van der Waals surface area contributed by atoms with Crippen molar-refractivity contribution in [3.63, 3.8) is 0 Å². The van der Waals surface area contributed by atoms with Crippen LogP contribution in [0.2, 0.25) is 0 Å². The number of hydrogen-bond donors (Lipinski definition) is 1. The van der Waals surface area contributed by atoms with Crippen LogP contribution >= 0.6 is 0 Å². The van der Waals surface area contributed by atoms with Crippen molar-refractivity contribution in [2.24, 2.45) is 0 Å². The van der Waals surface area contributed by atoms with Crippen molar-refractivity contribution in [3.8, 4) is 11.5 Å². The van der Waals surface area contributed by atoms with E-state index in [0.717, 1.165) is 0 Å². The average Bonchev–Trinajstić information content (AvgIpc) is 2.31. The molecule has 1 rings (SSSR count). The van der Waals surface area contributed by atoms with Gasteiger partial charge >= 0.3 is 5.97 Å². The molecule has 0 saturated carbocycles. The molecule has 0 bridgehead atoms. The number of hydrogen-bond acceptors (Lipinski definition) is 5. The van der Waals surface area contributed by atoms with E-state index in [1.54, 1.807) is 19.1 Å². The summed E-state index contributed by atoms with van der Waals surface area (Å²) in [4.78, 5) is 11.8. The Bertz CT molecular complexity index is 404. The third-order valence-electron chi connectivity index (χ3n) is 2.17. The van der Waals surface area contributed by atoms with Crippen molar-refractivity contribution >= 4 is 11.7 Å². The molecule has 1 aromatic rings. The van der Waals surface area contributed by atoms with Gasteiger partial charge in [0.2, 0.25) is 0 Å². The average molecular weight is 239 g/mol. The molecule has 0 aromatic heterocycles. The Morgan fingerprint density at radius 1 is 1.24 bits per heavy atom. The lowest BCUT2D eigenvalue weighted by Gasteiger charge is -2.14. The summed E-state index contributed by atoms with van der Waals surface area (Å²) >= 11 is 0. The van der Waals surface area contributed by atoms with Crippen LogP contribution in [0.5, 0.6) is 11.5 Å². The highest BCUT2D eigenvalue weighted by molar-refractivity contribution is 5.99. The number of benzene rings is 1. The van der Waals surface area contributed by atoms with Crippen molar-refractivity contribution in [2.45, 2.75) is 13.8 Å². The summed E-state index contributed by atoms with van der Waals surface area (Å²) in [5, 5.41) is 0. The van der Waals surface area contributed by atoms with Crippen LogP contribution < -0.4 is 15.2 Å². The molecule has 2 N–H and O–H groups in total. The molecule has 0 radical (unpaired) electrons. The highest BCUT2D eigenvalue weighted by Crippen LogP contribution is 2.33. The summed E-state index contributed by atoms with van der Waals surface area (Å²) in [7, 11) is 1.47. The maximum absolute atomic E-state index is 11.8. The van der Waals surface area contributed by atoms with E-state index >= 15 is 0 Å². The first kappa shape index (κ1) is 13.2. The number of nitrogen functional groups attached to an aromatic ring is 1. The van der Waals surface area contributed by atoms with E-state index < -0.39 is 5.97 Å². The number of nitrogens with two attached hydrogens (primary N) is 1. The second-order valence-electron chi connectivity index (χ2n) is 3.21. The quantitative estimate of drug-likeness (QED) is 0.627. The van der Waals surface area contributed by atoms with E-state index in [4.69, 9.17) is 19.9 Å². The summed E-state index contributed by atoms with van der Waals surface area (Å²) in [5.74, 6) is 0.323. The minimum atomic E-state index is -0.511. The lowest BCUT2D eigenvalue weighted by molar-refractivity contribution is 0.0523. The fourth-order valence-corrected chi connectivity index (χ4v) is 1.45. The molecule has 0 unspecified atom stereocenters. The summed E-state index contributed by atoms with van der Waals surface area (Å²) in [6, 6.07) is 3.30. The van der Waals surface area contributed by atoms with Crippen molar-refractivity contribution < 1.29 is 19.0 Å². The second-order valence-corrected chi connectivity index (χ2v) is 3.21. The molecule has 0 aliphatic rings. The Hall–Kier alpha value is -1.91. The summed E-state index contributed by atoms with van der Waals surface area (Å²) in [6.07, 6.45) is 0. The highest BCUT2D eigenvalue weighted by atomic mass is 16.5. The van der Waals surface area contributed by atoms with Crippen LogP contribution in [0.1, 0.15) is 24.2 Å². The minimum Gasteiger partial charge on any atom is -0.496 e. The molecule has 5 heteroatoms. The fourth-order valence-electron chi connectivity index (χ4n) is 1.45. The molecule has 0 aliphatic carbocycles. The molecule has 1 aromatic carbocycles. The lowest BCUT2D eigenvalue weighted by Crippen LogP contribution is -2.11. The van der Waals surface area contributed by atoms with Crippen molar-refractivity contribution in [2.75, 3.05) is 26.1 Å². The van der Waals surface area contributed by atoms with Gasteiger partial charge in [-0.1, -0.05) is 0 Å². The van der Waals surface area contributed by atoms with E-state index in [-0.39, 0.29) is 17.9 Å². The van der Waals surface area contributed by atoms with Gasteiger partial charge in [-0.05, 0) is 26.0 Å². The Morgan fingerprint density at radius 2 is 1.88 bits per heavy atom. The topological polar surface area (TPSA) is 70.8 Å². The first-order valence-corrected chi connectivity index (χ1v) is 5.42. The molecule has 94 valence electrons. The Labute approximate surface area is 100 Å². The largest absolute Gasteiger partial charge is 0.496 e. The zero-order chi connectivity index (χ0) is 12.8. The predicted octanol–water partition coefficient (Wildman–Crippen LogP) is 1.85. The predicted molar refractivity (Wildman–Crippen MR) is 64.5 cm³/mol. The Kier molecular flexibility index (Phi) is 4.63. The van der Waals surface area contributed by atoms with Crippen LogP contribution in [0.15, 0.2) is 12.1 Å². The molecule has 5 nitrogen and oxygen atoms in total. The van der Waals surface area contributed by atoms with Crippen LogP contribution in [0.4, 0.5) is 5.69 Å². The number of carbonyl (C=O) groups is 1. The number of esters is 1. The van der Waals surface area contributed by atoms with Gasteiger partial charge in [-0.3, -0.25) is 0 Å². The highest BCUT2D eigenvalue weighted by Gasteiger charge is 2.20. The lowest BCUT2D eigenvalue weighted by atomic mass is 10.1. The van der Waals surface area contributed by atoms with Gasteiger partial charge in [0, 0.05) is 0 Å². The first-order chi connectivity index (χ1) is 8.15. The van der Waals surface area contributed by atoms with E-state index in [1.165, 1.54) is 7.11 Å². The molecule has 0 atom stereocenters. The third-order valence-corrected chi connectivity index (χ3v) is 2.17. The van der Waals surface area contributed by atoms with E-state index in [2.05, 4.69) is 0 Å². The third kappa shape index (κ3) is 2.81. The molecule has 0 heterocycles. The van der Waals surface area contributed by atoms with Crippen molar-refractivity contribution in [1.82, 2.24) is 0 Å². The number of anilines is 1. The van der Waals surface area contributed by atoms with Gasteiger partial charge in [-0.15, -0.1) is 0 Å². The van der Waals surface area contributed by atoms with Crippen molar-refractivity contribution in [1.29, 1.82) is 0 Å². The van der Waals surface area contributed by atoms with Crippen molar-refractivity contribution in [3.05, 3.63) is 17.7 Å². The van der Waals surface area contributed by atoms with Crippen LogP contribution in [-0.2, 0) is 4.74 Å². The van der Waals surface area contributed by atoms with Crippen LogP contribution in [0.3, 0.4) is 0 Å². The zero-order valence-electron chi connectivity index (χ0n) is 10.3. The number of rotatable bonds is 5. The van der Waals surface area contributed by atoms with Crippen LogP contribution in [-0.4, -0.2) is 26.3 Å². The maximum atomic E-state index is 11.8. The molecular weight excluding hydrogens is 222 g/mol. The maximum Gasteiger partial charge on any atom is 0.344 e. The SMILES string of the molecule is CCOC(=O)c1c(OC)ccc(OCC)c1N. The van der Waals surface area contributed by atoms with Gasteiger partial charge in [0.15, 0.2) is 0 Å². The van der Waals surface area contributed by atoms with Gasteiger partial charge < -0.3 is 19.9 Å². The molecular formula is C12H17NO4. The van der Waals surface area contributed by atoms with Gasteiger partial charge in [0.05, 0.1) is 26.0 Å². The molecule has 0 fully saturated rings. The zero-order valence-corrected chi connectivity index (χ0v) is 10.3. The Balaban J connectivity index is 3.22. The van der Waals surface area contributed by atoms with E-state index in [0.29, 0.717) is 18.1 Å². The molecule has 0 aliphatic heterocycles. The Morgan fingerprint density at radius 3 is 2.41 bits per heavy atom. The minimum absolute atomic E-state index is 0.209. The van der Waals surface area contributed by atoms with E-state index in [9.17, 15) is 4.79 Å². The molecule has 0 saturated heterocycles. The van der Waals surface area contributed by atoms with E-state index in [1.807, 2.05) is 6.92 Å². The summed E-state index contributed by atoms with van der Waals surface area (Å²) in [5.41, 5.74) is 6.32. The molecule has 17 heavy (non-hydrogen) atoms. The first-order valence-electron chi connectivity index (χ1n) is 5.42. The summed E-state index contributed by atoms with van der Waals surface area (Å²) < 4.78 is 15.3. The number of ether oxygens (including phenoxy) is 3. The number of carbonyl (C=O) groups excluding carboxylic acids is 1. The van der Waals surface area contributed by atoms with Gasteiger partial charge in [0.25, 0.3) is 0 Å². The monoisotopic (exact) mass is 239 g/mol. The van der Waals surface area contributed by atoms with Gasteiger partial charge in [0.1, 0.15) is 17.1 Å². The molecule has 0 spiro atoms. The van der Waals surface area contributed by atoms with Crippen LogP contribution in [0, 0.1) is 0 Å². The smallest absolute Gasteiger partial charge is 0.344 e. The summed E-state index contributed by atoms with van der Waals surface area (Å²) in [6.45, 7) is 4.32. The molecule has 0 amide bonds. The normalized spacial score (nSPS) is 9.82.